The van der Waals surface area contributed by atoms with Crippen LogP contribution in [0.1, 0.15) is 52.6 Å². The van der Waals surface area contributed by atoms with Crippen molar-refractivity contribution in [1.29, 1.82) is 0 Å². The Bertz CT molecular complexity index is 2330. The number of hydrogen-bond acceptors (Lipinski definition) is 10. The number of hydrogen-bond donors (Lipinski definition) is 6. The summed E-state index contributed by atoms with van der Waals surface area (Å²) in [5, 5.41) is 82.8. The fourth-order valence-electron chi connectivity index (χ4n) is 8.62. The first-order chi connectivity index (χ1) is 27.7. The molecule has 1 fully saturated rings. The molecule has 0 unspecified atom stereocenters. The monoisotopic (exact) mass is 776 g/mol. The molecule has 10 nitrogen and oxygen atoms in total. The molecule has 0 amide bonds. The molecule has 1 aliphatic carbocycles. The van der Waals surface area contributed by atoms with Crippen LogP contribution in [0.4, 0.5) is 0 Å². The van der Waals surface area contributed by atoms with E-state index >= 15 is 19.2 Å². The minimum atomic E-state index is -4.32. The van der Waals surface area contributed by atoms with Gasteiger partial charge in [0.2, 0.25) is 28.7 Å². The minimum absolute atomic E-state index is 0.0416. The van der Waals surface area contributed by atoms with Crippen molar-refractivity contribution in [3.05, 3.63) is 215 Å². The van der Waals surface area contributed by atoms with Gasteiger partial charge in [0.25, 0.3) is 0 Å². The van der Waals surface area contributed by atoms with E-state index in [1.54, 1.807) is 12.1 Å². The number of ketones is 4. The van der Waals surface area contributed by atoms with Gasteiger partial charge in [-0.1, -0.05) is 182 Å². The van der Waals surface area contributed by atoms with Crippen LogP contribution in [0.2, 0.25) is 0 Å². The Morgan fingerprint density at radius 3 is 0.759 bits per heavy atom. The highest BCUT2D eigenvalue weighted by molar-refractivity contribution is 6.21. The fourth-order valence-corrected chi connectivity index (χ4v) is 8.62. The molecule has 10 heteroatoms. The molecule has 1 aliphatic rings. The van der Waals surface area contributed by atoms with Gasteiger partial charge in [0.1, 0.15) is 11.2 Å². The van der Waals surface area contributed by atoms with Gasteiger partial charge in [-0.05, 0) is 11.1 Å². The predicted octanol–water partition coefficient (Wildman–Crippen LogP) is 4.40. The predicted molar refractivity (Wildman–Crippen MR) is 213 cm³/mol. The third-order valence-corrected chi connectivity index (χ3v) is 11.5. The smallest absolute Gasteiger partial charge is 0.206 e. The summed E-state index contributed by atoms with van der Waals surface area (Å²) in [6.07, 6.45) is -2.23. The van der Waals surface area contributed by atoms with Crippen molar-refractivity contribution in [3.63, 3.8) is 0 Å². The average Bonchev–Trinajstić information content (AvgIpc) is 3.28. The maximum Gasteiger partial charge on any atom is 0.206 e. The van der Waals surface area contributed by atoms with Gasteiger partial charge in [-0.15, -0.1) is 0 Å². The SMILES string of the molecule is O=C(c1ccccc1)[C@]1(O)[C@](O)(Cc2ccccc2)[C@](O)(C(=O)c2ccccc2)[C@@](O)(C(=O)c2ccccc2)[C@](O)(C(=O)c2ccccc2)[C@@]1(O)Cc1ccccc1. The van der Waals surface area contributed by atoms with Gasteiger partial charge in [0, 0.05) is 35.1 Å². The van der Waals surface area contributed by atoms with Crippen LogP contribution in [0, 0.1) is 0 Å². The first kappa shape index (κ1) is 40.0. The molecule has 6 atom stereocenters. The Labute approximate surface area is 334 Å². The van der Waals surface area contributed by atoms with Crippen molar-refractivity contribution in [2.24, 2.45) is 0 Å². The summed E-state index contributed by atoms with van der Waals surface area (Å²) in [5.74, 6) is -6.59. The molecule has 58 heavy (non-hydrogen) atoms. The molecule has 0 aliphatic heterocycles. The second-order valence-corrected chi connectivity index (χ2v) is 14.7. The lowest BCUT2D eigenvalue weighted by Crippen LogP contribution is -3.00. The molecule has 6 aromatic carbocycles. The lowest BCUT2D eigenvalue weighted by Gasteiger charge is -2.70. The van der Waals surface area contributed by atoms with E-state index in [-0.39, 0.29) is 11.1 Å². The normalized spacial score (nSPS) is 28.0. The molecule has 0 radical (unpaired) electrons. The van der Waals surface area contributed by atoms with Gasteiger partial charge in [-0.25, -0.2) is 0 Å². The highest BCUT2D eigenvalue weighted by atomic mass is 16.5. The van der Waals surface area contributed by atoms with E-state index in [4.69, 9.17) is 0 Å². The average molecular weight is 777 g/mol. The lowest BCUT2D eigenvalue weighted by molar-refractivity contribution is -0.383. The molecular weight excluding hydrogens is 737 g/mol. The molecule has 1 saturated carbocycles. The lowest BCUT2D eigenvalue weighted by atomic mass is 9.38. The zero-order valence-electron chi connectivity index (χ0n) is 31.1. The van der Waals surface area contributed by atoms with Gasteiger partial charge < -0.3 is 30.6 Å². The Morgan fingerprint density at radius 2 is 0.500 bits per heavy atom. The summed E-state index contributed by atoms with van der Waals surface area (Å²) in [7, 11) is 0. The van der Waals surface area contributed by atoms with Crippen LogP contribution >= 0.6 is 0 Å². The van der Waals surface area contributed by atoms with Crippen LogP contribution in [0.15, 0.2) is 182 Å². The van der Waals surface area contributed by atoms with Crippen molar-refractivity contribution in [2.75, 3.05) is 0 Å². The second-order valence-electron chi connectivity index (χ2n) is 14.7. The summed E-state index contributed by atoms with van der Waals surface area (Å²) in [6, 6.07) is 41.6. The highest BCUT2D eigenvalue weighted by Crippen LogP contribution is 2.63. The van der Waals surface area contributed by atoms with Gasteiger partial charge in [-0.2, -0.15) is 0 Å². The van der Waals surface area contributed by atoms with E-state index in [0.717, 1.165) is 0 Å². The Balaban J connectivity index is 1.74. The Hall–Kier alpha value is -6.24. The van der Waals surface area contributed by atoms with Crippen LogP contribution in [0.5, 0.6) is 0 Å². The summed E-state index contributed by atoms with van der Waals surface area (Å²) >= 11 is 0. The van der Waals surface area contributed by atoms with E-state index in [1.807, 2.05) is 0 Å². The number of Topliss-reactive ketones (excluding diaryl/α,β-unsaturated/α-hetero) is 4. The molecule has 0 spiro atoms. The van der Waals surface area contributed by atoms with Crippen LogP contribution in [-0.4, -0.2) is 87.4 Å². The topological polar surface area (TPSA) is 190 Å². The summed E-state index contributed by atoms with van der Waals surface area (Å²) in [5.41, 5.74) is -26.4. The van der Waals surface area contributed by atoms with Crippen LogP contribution in [-0.2, 0) is 12.8 Å². The Morgan fingerprint density at radius 1 is 0.293 bits per heavy atom. The largest absolute Gasteiger partial charge is 0.382 e. The number of carbonyl (C=O) groups excluding carboxylic acids is 4. The van der Waals surface area contributed by atoms with Crippen molar-refractivity contribution in [1.82, 2.24) is 0 Å². The van der Waals surface area contributed by atoms with Crippen molar-refractivity contribution < 1.29 is 49.8 Å². The quantitative estimate of drug-likeness (QED) is 0.0973. The fraction of sp³-hybridized carbons (Fsp3) is 0.167. The van der Waals surface area contributed by atoms with Crippen LogP contribution in [0.25, 0.3) is 0 Å². The van der Waals surface area contributed by atoms with E-state index in [9.17, 15) is 30.6 Å². The van der Waals surface area contributed by atoms with Gasteiger partial charge in [0.05, 0.1) is 0 Å². The molecule has 292 valence electrons. The highest BCUT2D eigenvalue weighted by Gasteiger charge is 2.95. The number of rotatable bonds is 12. The minimum Gasteiger partial charge on any atom is -0.382 e. The number of benzene rings is 6. The summed E-state index contributed by atoms with van der Waals surface area (Å²) in [4.78, 5) is 62.0. The third kappa shape index (κ3) is 5.57. The van der Waals surface area contributed by atoms with Crippen molar-refractivity contribution in [3.8, 4) is 0 Å². The summed E-state index contributed by atoms with van der Waals surface area (Å²) in [6.45, 7) is 0. The summed E-state index contributed by atoms with van der Waals surface area (Å²) < 4.78 is 0. The van der Waals surface area contributed by atoms with Gasteiger partial charge >= 0.3 is 0 Å². The van der Waals surface area contributed by atoms with Gasteiger partial charge in [-0.3, -0.25) is 19.2 Å². The van der Waals surface area contributed by atoms with Crippen LogP contribution in [0.3, 0.4) is 0 Å². The van der Waals surface area contributed by atoms with Gasteiger partial charge in [0.15, 0.2) is 16.8 Å². The standard InChI is InChI=1S/C48H40O10/c49-39(35-23-11-3-12-24-35)45(55)43(53,31-33-19-7-1-8-20-33)46(56,40(50)36-25-13-4-14-26-36)48(58,42(52)38-29-17-6-18-30-38)47(57,41(51)37-27-15-5-16-28-37)44(45,54)32-34-21-9-2-10-22-34/h1-30,53-58H,31-32H2/t43-,44-,45-,46+,47-,48-/m1/s1. The maximum absolute atomic E-state index is 15.5. The zero-order valence-corrected chi connectivity index (χ0v) is 31.1. The van der Waals surface area contributed by atoms with Crippen molar-refractivity contribution >= 4 is 23.1 Å². The Kier molecular flexibility index (Phi) is 10.3. The molecular formula is C48H40O10. The maximum atomic E-state index is 15.5. The second kappa shape index (κ2) is 14.9. The molecule has 0 heterocycles. The van der Waals surface area contributed by atoms with Crippen molar-refractivity contribution in [2.45, 2.75) is 46.4 Å². The molecule has 6 N–H and O–H groups in total. The molecule has 0 saturated heterocycles. The first-order valence-electron chi connectivity index (χ1n) is 18.5. The third-order valence-electron chi connectivity index (χ3n) is 11.5. The van der Waals surface area contributed by atoms with E-state index in [2.05, 4.69) is 0 Å². The number of aliphatic hydroxyl groups is 6. The zero-order chi connectivity index (χ0) is 41.4. The van der Waals surface area contributed by atoms with E-state index in [0.29, 0.717) is 0 Å². The number of carbonyl (C=O) groups is 4. The first-order valence-corrected chi connectivity index (χ1v) is 18.5. The molecule has 6 aromatic rings. The molecule has 0 bridgehead atoms. The van der Waals surface area contributed by atoms with E-state index < -0.39 is 91.8 Å². The molecule has 0 aromatic heterocycles. The van der Waals surface area contributed by atoms with Crippen LogP contribution < -0.4 is 0 Å². The molecule has 7 rings (SSSR count). The van der Waals surface area contributed by atoms with E-state index in [1.165, 1.54) is 170 Å².